The van der Waals surface area contributed by atoms with E-state index in [0.717, 1.165) is 44.9 Å². The van der Waals surface area contributed by atoms with Crippen molar-refractivity contribution in [3.8, 4) is 11.5 Å². The molecule has 0 bridgehead atoms. The number of nitrogens with one attached hydrogen (secondary N) is 1. The van der Waals surface area contributed by atoms with Gasteiger partial charge in [-0.1, -0.05) is 57.1 Å². The maximum absolute atomic E-state index is 13.8. The molecule has 0 aromatic heterocycles. The molecule has 1 aromatic carbocycles. The summed E-state index contributed by atoms with van der Waals surface area (Å²) in [6.45, 7) is 0.626. The Hall–Kier alpha value is -1.95. The van der Waals surface area contributed by atoms with Crippen LogP contribution in [0.15, 0.2) is 24.3 Å². The summed E-state index contributed by atoms with van der Waals surface area (Å²) in [7, 11) is 0. The number of alkyl halides is 1. The Bertz CT molecular complexity index is 788. The van der Waals surface area contributed by atoms with Crippen molar-refractivity contribution >= 4 is 23.4 Å². The summed E-state index contributed by atoms with van der Waals surface area (Å²) in [5, 5.41) is 3.33. The standard InChI is InChI=1S/C25H35ClN2O4/c26-16-23(29)28(17-20-18-31-21-12-6-7-13-22(21)32-20)25(14-8-3-9-15-25)24(30)27-19-10-4-1-2-5-11-19/h6-7,12-13,19-20H,1-5,8-11,14-18H2,(H,27,30). The lowest BCUT2D eigenvalue weighted by Crippen LogP contribution is -2.65. The van der Waals surface area contributed by atoms with Crippen molar-refractivity contribution in [1.29, 1.82) is 0 Å². The molecule has 6 nitrogen and oxygen atoms in total. The van der Waals surface area contributed by atoms with Gasteiger partial charge < -0.3 is 19.7 Å². The number of amides is 2. The third kappa shape index (κ3) is 5.16. The first-order valence-electron chi connectivity index (χ1n) is 12.2. The largest absolute Gasteiger partial charge is 0.486 e. The molecule has 1 heterocycles. The third-order valence-corrected chi connectivity index (χ3v) is 7.41. The van der Waals surface area contributed by atoms with Crippen LogP contribution in [0.5, 0.6) is 11.5 Å². The minimum atomic E-state index is -0.864. The zero-order valence-corrected chi connectivity index (χ0v) is 19.6. The smallest absolute Gasteiger partial charge is 0.246 e. The van der Waals surface area contributed by atoms with Gasteiger partial charge in [0.25, 0.3) is 0 Å². The van der Waals surface area contributed by atoms with Crippen LogP contribution in [0.1, 0.15) is 70.6 Å². The number of fused-ring (bicyclic) bond motifs is 1. The predicted octanol–water partition coefficient (Wildman–Crippen LogP) is 4.44. The lowest BCUT2D eigenvalue weighted by Gasteiger charge is -2.46. The normalized spacial score (nSPS) is 23.1. The number of hydrogen-bond acceptors (Lipinski definition) is 4. The summed E-state index contributed by atoms with van der Waals surface area (Å²) < 4.78 is 12.0. The van der Waals surface area contributed by atoms with Crippen LogP contribution >= 0.6 is 11.6 Å². The van der Waals surface area contributed by atoms with Gasteiger partial charge in [0, 0.05) is 6.04 Å². The fourth-order valence-corrected chi connectivity index (χ4v) is 5.59. The SMILES string of the molecule is O=C(CCl)N(CC1COc2ccccc2O1)C1(C(=O)NC2CCCCCC2)CCCCC1. The Morgan fingerprint density at radius 1 is 1.00 bits per heavy atom. The van der Waals surface area contributed by atoms with E-state index in [1.54, 1.807) is 4.90 Å². The number of halogens is 1. The van der Waals surface area contributed by atoms with Gasteiger partial charge in [-0.15, -0.1) is 11.6 Å². The molecule has 1 N–H and O–H groups in total. The number of rotatable bonds is 6. The quantitative estimate of drug-likeness (QED) is 0.501. The lowest BCUT2D eigenvalue weighted by atomic mass is 9.78. The van der Waals surface area contributed by atoms with Crippen LogP contribution in [-0.4, -0.2) is 53.4 Å². The van der Waals surface area contributed by atoms with Gasteiger partial charge in [-0.05, 0) is 37.8 Å². The molecule has 1 aliphatic heterocycles. The van der Waals surface area contributed by atoms with Gasteiger partial charge in [-0.2, -0.15) is 0 Å². The number of para-hydroxylation sites is 2. The second-order valence-corrected chi connectivity index (χ2v) is 9.66. The fraction of sp³-hybridized carbons (Fsp3) is 0.680. The Morgan fingerprint density at radius 2 is 1.66 bits per heavy atom. The van der Waals surface area contributed by atoms with E-state index < -0.39 is 5.54 Å². The van der Waals surface area contributed by atoms with Gasteiger partial charge in [0.15, 0.2) is 17.6 Å². The zero-order chi connectivity index (χ0) is 22.4. The molecule has 176 valence electrons. The van der Waals surface area contributed by atoms with Gasteiger partial charge in [0.1, 0.15) is 18.0 Å². The molecule has 1 aromatic rings. The molecule has 0 spiro atoms. The molecule has 1 atom stereocenters. The average Bonchev–Trinajstić information content (AvgIpc) is 3.11. The van der Waals surface area contributed by atoms with Crippen molar-refractivity contribution in [3.05, 3.63) is 24.3 Å². The van der Waals surface area contributed by atoms with E-state index in [1.807, 2.05) is 24.3 Å². The molecule has 2 aliphatic carbocycles. The minimum absolute atomic E-state index is 0.0142. The van der Waals surface area contributed by atoms with Crippen LogP contribution < -0.4 is 14.8 Å². The van der Waals surface area contributed by atoms with Crippen molar-refractivity contribution in [3.63, 3.8) is 0 Å². The number of hydrogen-bond donors (Lipinski definition) is 1. The van der Waals surface area contributed by atoms with Gasteiger partial charge in [-0.3, -0.25) is 9.59 Å². The van der Waals surface area contributed by atoms with Crippen molar-refractivity contribution < 1.29 is 19.1 Å². The number of nitrogens with zero attached hydrogens (tertiary/aromatic N) is 1. The van der Waals surface area contributed by atoms with E-state index in [4.69, 9.17) is 21.1 Å². The maximum Gasteiger partial charge on any atom is 0.246 e. The summed E-state index contributed by atoms with van der Waals surface area (Å²) in [5.74, 6) is 0.995. The van der Waals surface area contributed by atoms with E-state index in [0.29, 0.717) is 30.9 Å². The summed E-state index contributed by atoms with van der Waals surface area (Å²) >= 11 is 6.05. The van der Waals surface area contributed by atoms with E-state index in [-0.39, 0.29) is 36.4 Å². The fourth-order valence-electron chi connectivity index (χ4n) is 5.44. The first-order chi connectivity index (χ1) is 15.6. The van der Waals surface area contributed by atoms with E-state index in [1.165, 1.54) is 12.8 Å². The second kappa shape index (κ2) is 10.8. The molecular formula is C25H35ClN2O4. The predicted molar refractivity (Wildman–Crippen MR) is 124 cm³/mol. The van der Waals surface area contributed by atoms with Crippen LogP contribution in [0.25, 0.3) is 0 Å². The first kappa shape index (κ1) is 23.2. The van der Waals surface area contributed by atoms with Crippen LogP contribution in [0, 0.1) is 0 Å². The van der Waals surface area contributed by atoms with Gasteiger partial charge in [0.05, 0.1) is 6.54 Å². The molecule has 0 saturated heterocycles. The molecule has 2 amide bonds. The molecule has 4 rings (SSSR count). The molecule has 32 heavy (non-hydrogen) atoms. The zero-order valence-electron chi connectivity index (χ0n) is 18.8. The number of ether oxygens (including phenoxy) is 2. The van der Waals surface area contributed by atoms with Crippen molar-refractivity contribution in [2.24, 2.45) is 0 Å². The second-order valence-electron chi connectivity index (χ2n) is 9.39. The summed E-state index contributed by atoms with van der Waals surface area (Å²) in [5.41, 5.74) is -0.864. The first-order valence-corrected chi connectivity index (χ1v) is 12.7. The minimum Gasteiger partial charge on any atom is -0.486 e. The Morgan fingerprint density at radius 3 is 2.34 bits per heavy atom. The average molecular weight is 463 g/mol. The van der Waals surface area contributed by atoms with Gasteiger partial charge in [-0.25, -0.2) is 0 Å². The van der Waals surface area contributed by atoms with Crippen molar-refractivity contribution in [2.45, 2.75) is 88.3 Å². The monoisotopic (exact) mass is 462 g/mol. The highest BCUT2D eigenvalue weighted by Crippen LogP contribution is 2.37. The highest BCUT2D eigenvalue weighted by Gasteiger charge is 2.48. The van der Waals surface area contributed by atoms with E-state index >= 15 is 0 Å². The molecule has 0 radical (unpaired) electrons. The Labute approximate surface area is 196 Å². The molecule has 3 aliphatic rings. The molecule has 2 saturated carbocycles. The highest BCUT2D eigenvalue weighted by molar-refractivity contribution is 6.27. The molecule has 7 heteroatoms. The van der Waals surface area contributed by atoms with E-state index in [9.17, 15) is 9.59 Å². The van der Waals surface area contributed by atoms with Crippen molar-refractivity contribution in [2.75, 3.05) is 19.0 Å². The molecular weight excluding hydrogens is 428 g/mol. The summed E-state index contributed by atoms with van der Waals surface area (Å²) in [4.78, 5) is 28.6. The molecule has 1 unspecified atom stereocenters. The van der Waals surface area contributed by atoms with E-state index in [2.05, 4.69) is 5.32 Å². The van der Waals surface area contributed by atoms with Gasteiger partial charge in [0.2, 0.25) is 11.8 Å². The third-order valence-electron chi connectivity index (χ3n) is 7.18. The maximum atomic E-state index is 13.8. The number of benzene rings is 1. The lowest BCUT2D eigenvalue weighted by molar-refractivity contribution is -0.151. The highest BCUT2D eigenvalue weighted by atomic mass is 35.5. The van der Waals surface area contributed by atoms with Crippen LogP contribution in [0.2, 0.25) is 0 Å². The van der Waals surface area contributed by atoms with Gasteiger partial charge >= 0.3 is 0 Å². The van der Waals surface area contributed by atoms with Crippen LogP contribution in [0.4, 0.5) is 0 Å². The summed E-state index contributed by atoms with van der Waals surface area (Å²) in [6.07, 6.45) is 10.7. The number of carbonyl (C=O) groups excluding carboxylic acids is 2. The van der Waals surface area contributed by atoms with Crippen LogP contribution in [0.3, 0.4) is 0 Å². The van der Waals surface area contributed by atoms with Crippen LogP contribution in [-0.2, 0) is 9.59 Å². The number of carbonyl (C=O) groups is 2. The van der Waals surface area contributed by atoms with Crippen molar-refractivity contribution in [1.82, 2.24) is 10.2 Å². The Balaban J connectivity index is 1.54. The summed E-state index contributed by atoms with van der Waals surface area (Å²) in [6, 6.07) is 7.73. The molecule has 2 fully saturated rings. The topological polar surface area (TPSA) is 67.9 Å². The Kier molecular flexibility index (Phi) is 7.82.